The van der Waals surface area contributed by atoms with E-state index in [1.54, 1.807) is 0 Å². The molecule has 30 heavy (non-hydrogen) atoms. The molecule has 5 rings (SSSR count). The predicted molar refractivity (Wildman–Crippen MR) is 119 cm³/mol. The van der Waals surface area contributed by atoms with Gasteiger partial charge < -0.3 is 14.4 Å². The highest BCUT2D eigenvalue weighted by molar-refractivity contribution is 5.81. The number of pyridine rings is 2. The average molecular weight is 404 g/mol. The van der Waals surface area contributed by atoms with Crippen molar-refractivity contribution in [1.82, 2.24) is 9.97 Å². The third kappa shape index (κ3) is 4.12. The van der Waals surface area contributed by atoms with Gasteiger partial charge >= 0.3 is 0 Å². The fraction of sp³-hybridized carbons (Fsp3) is 0.440. The minimum absolute atomic E-state index is 0.206. The van der Waals surface area contributed by atoms with Gasteiger partial charge in [-0.05, 0) is 56.0 Å². The highest BCUT2D eigenvalue weighted by Crippen LogP contribution is 2.33. The van der Waals surface area contributed by atoms with Crippen molar-refractivity contribution >= 4 is 16.7 Å². The summed E-state index contributed by atoms with van der Waals surface area (Å²) in [5.41, 5.74) is 3.57. The van der Waals surface area contributed by atoms with E-state index in [0.29, 0.717) is 5.92 Å². The molecule has 0 radical (unpaired) electrons. The molecule has 0 spiro atoms. The highest BCUT2D eigenvalue weighted by Gasteiger charge is 2.25. The van der Waals surface area contributed by atoms with E-state index in [1.165, 1.54) is 16.5 Å². The maximum Gasteiger partial charge on any atom is 0.217 e. The Bertz CT molecular complexity index is 1010. The summed E-state index contributed by atoms with van der Waals surface area (Å²) < 4.78 is 11.9. The van der Waals surface area contributed by atoms with Gasteiger partial charge in [-0.1, -0.05) is 17.7 Å². The number of piperidine rings is 1. The van der Waals surface area contributed by atoms with Gasteiger partial charge in [0.25, 0.3) is 0 Å². The van der Waals surface area contributed by atoms with Crippen molar-refractivity contribution in [1.29, 1.82) is 0 Å². The van der Waals surface area contributed by atoms with Crippen molar-refractivity contribution in [3.05, 3.63) is 59.8 Å². The molecule has 3 aromatic rings. The second-order valence-corrected chi connectivity index (χ2v) is 8.45. The van der Waals surface area contributed by atoms with E-state index in [9.17, 15) is 0 Å². The van der Waals surface area contributed by atoms with E-state index in [0.717, 1.165) is 69.2 Å². The van der Waals surface area contributed by atoms with Crippen LogP contribution in [0.15, 0.2) is 48.7 Å². The molecule has 2 aromatic heterocycles. The molecule has 0 atom stereocenters. The molecule has 0 N–H and O–H groups in total. The Balaban J connectivity index is 1.24. The lowest BCUT2D eigenvalue weighted by molar-refractivity contribution is 0.0833. The Morgan fingerprint density at radius 1 is 1.00 bits per heavy atom. The normalized spacial score (nSPS) is 18.6. The van der Waals surface area contributed by atoms with Crippen LogP contribution < -0.4 is 9.64 Å². The molecule has 0 unspecified atom stereocenters. The van der Waals surface area contributed by atoms with Gasteiger partial charge in [-0.3, -0.25) is 0 Å². The molecule has 0 amide bonds. The first kappa shape index (κ1) is 19.3. The number of aryl methyl sites for hydroxylation is 1. The number of benzene rings is 1. The second-order valence-electron chi connectivity index (χ2n) is 8.45. The zero-order valence-corrected chi connectivity index (χ0v) is 17.6. The minimum atomic E-state index is 0.206. The van der Waals surface area contributed by atoms with E-state index in [1.807, 2.05) is 12.3 Å². The topological polar surface area (TPSA) is 47.5 Å². The van der Waals surface area contributed by atoms with Crippen LogP contribution in [-0.4, -0.2) is 42.4 Å². The lowest BCUT2D eigenvalue weighted by Crippen LogP contribution is -2.39. The number of ether oxygens (including phenoxy) is 2. The summed E-state index contributed by atoms with van der Waals surface area (Å²) in [4.78, 5) is 11.8. The standard InChI is InChI=1S/C25H29N3O2/c1-18-4-6-23-20(17-18)5-7-24(27-23)28-13-8-21(9-14-28)30-25-22(3-2-12-26-25)19-10-15-29-16-11-19/h2-7,12,17,19,21H,8-11,13-16H2,1H3. The lowest BCUT2D eigenvalue weighted by Gasteiger charge is -2.33. The van der Waals surface area contributed by atoms with Crippen molar-refractivity contribution in [2.45, 2.75) is 44.6 Å². The number of aromatic nitrogens is 2. The summed E-state index contributed by atoms with van der Waals surface area (Å²) >= 11 is 0. The van der Waals surface area contributed by atoms with Crippen LogP contribution in [0.3, 0.4) is 0 Å². The zero-order chi connectivity index (χ0) is 20.3. The maximum atomic E-state index is 6.41. The number of anilines is 1. The van der Waals surface area contributed by atoms with Crippen LogP contribution in [0, 0.1) is 6.92 Å². The van der Waals surface area contributed by atoms with Gasteiger partial charge in [0.1, 0.15) is 11.9 Å². The SMILES string of the molecule is Cc1ccc2nc(N3CCC(Oc4ncccc4C4CCOCC4)CC3)ccc2c1. The molecule has 0 saturated carbocycles. The van der Waals surface area contributed by atoms with Crippen LogP contribution >= 0.6 is 0 Å². The molecule has 2 fully saturated rings. The molecule has 5 heteroatoms. The van der Waals surface area contributed by atoms with Crippen LogP contribution in [0.25, 0.3) is 10.9 Å². The summed E-state index contributed by atoms with van der Waals surface area (Å²) in [6, 6.07) is 15.0. The first-order chi connectivity index (χ1) is 14.8. The van der Waals surface area contributed by atoms with Crippen LogP contribution in [0.4, 0.5) is 5.82 Å². The van der Waals surface area contributed by atoms with Crippen LogP contribution in [0.5, 0.6) is 5.88 Å². The molecular weight excluding hydrogens is 374 g/mol. The van der Waals surface area contributed by atoms with Gasteiger partial charge in [0, 0.05) is 56.3 Å². The number of fused-ring (bicyclic) bond motifs is 1. The molecule has 0 aliphatic carbocycles. The van der Waals surface area contributed by atoms with Gasteiger partial charge in [-0.2, -0.15) is 0 Å². The largest absolute Gasteiger partial charge is 0.474 e. The lowest BCUT2D eigenvalue weighted by atomic mass is 9.92. The Hall–Kier alpha value is -2.66. The first-order valence-electron chi connectivity index (χ1n) is 11.1. The number of nitrogens with zero attached hydrogens (tertiary/aromatic N) is 3. The van der Waals surface area contributed by atoms with Gasteiger partial charge in [0.15, 0.2) is 0 Å². The van der Waals surface area contributed by atoms with E-state index >= 15 is 0 Å². The summed E-state index contributed by atoms with van der Waals surface area (Å²) in [5, 5.41) is 1.20. The number of rotatable bonds is 4. The molecule has 156 valence electrons. The number of hydrogen-bond acceptors (Lipinski definition) is 5. The van der Waals surface area contributed by atoms with Crippen molar-refractivity contribution in [3.63, 3.8) is 0 Å². The molecule has 2 aliphatic rings. The van der Waals surface area contributed by atoms with Crippen molar-refractivity contribution in [2.75, 3.05) is 31.2 Å². The van der Waals surface area contributed by atoms with E-state index in [2.05, 4.69) is 53.2 Å². The molecular formula is C25H29N3O2. The Kier molecular flexibility index (Phi) is 5.54. The summed E-state index contributed by atoms with van der Waals surface area (Å²) in [6.07, 6.45) is 6.11. The molecule has 5 nitrogen and oxygen atoms in total. The summed E-state index contributed by atoms with van der Waals surface area (Å²) in [7, 11) is 0. The highest BCUT2D eigenvalue weighted by atomic mass is 16.5. The second kappa shape index (κ2) is 8.60. The Morgan fingerprint density at radius 2 is 1.83 bits per heavy atom. The Labute approximate surface area is 178 Å². The van der Waals surface area contributed by atoms with Gasteiger partial charge in [0.2, 0.25) is 5.88 Å². The first-order valence-corrected chi connectivity index (χ1v) is 11.1. The molecule has 4 heterocycles. The van der Waals surface area contributed by atoms with Gasteiger partial charge in [0.05, 0.1) is 5.52 Å². The quantitative estimate of drug-likeness (QED) is 0.621. The fourth-order valence-corrected chi connectivity index (χ4v) is 4.59. The van der Waals surface area contributed by atoms with Crippen LogP contribution in [-0.2, 0) is 4.74 Å². The van der Waals surface area contributed by atoms with E-state index < -0.39 is 0 Å². The predicted octanol–water partition coefficient (Wildman–Crippen LogP) is 4.88. The third-order valence-corrected chi connectivity index (χ3v) is 6.34. The molecule has 2 aliphatic heterocycles. The molecule has 1 aromatic carbocycles. The van der Waals surface area contributed by atoms with Gasteiger partial charge in [-0.25, -0.2) is 9.97 Å². The zero-order valence-electron chi connectivity index (χ0n) is 17.6. The molecule has 2 saturated heterocycles. The molecule has 0 bridgehead atoms. The fourth-order valence-electron chi connectivity index (χ4n) is 4.59. The average Bonchev–Trinajstić information content (AvgIpc) is 2.80. The van der Waals surface area contributed by atoms with Crippen molar-refractivity contribution < 1.29 is 9.47 Å². The monoisotopic (exact) mass is 403 g/mol. The summed E-state index contributed by atoms with van der Waals surface area (Å²) in [6.45, 7) is 5.68. The Morgan fingerprint density at radius 3 is 2.67 bits per heavy atom. The van der Waals surface area contributed by atoms with E-state index in [4.69, 9.17) is 14.5 Å². The van der Waals surface area contributed by atoms with Crippen LogP contribution in [0.1, 0.15) is 42.7 Å². The third-order valence-electron chi connectivity index (χ3n) is 6.34. The smallest absolute Gasteiger partial charge is 0.217 e. The van der Waals surface area contributed by atoms with Crippen molar-refractivity contribution in [2.24, 2.45) is 0 Å². The maximum absolute atomic E-state index is 6.41. The number of hydrogen-bond donors (Lipinski definition) is 0. The van der Waals surface area contributed by atoms with Crippen LogP contribution in [0.2, 0.25) is 0 Å². The van der Waals surface area contributed by atoms with Crippen molar-refractivity contribution in [3.8, 4) is 5.88 Å². The summed E-state index contributed by atoms with van der Waals surface area (Å²) in [5.74, 6) is 2.38. The van der Waals surface area contributed by atoms with E-state index in [-0.39, 0.29) is 6.10 Å². The minimum Gasteiger partial charge on any atom is -0.474 e. The van der Waals surface area contributed by atoms with Gasteiger partial charge in [-0.15, -0.1) is 0 Å².